The first-order valence-corrected chi connectivity index (χ1v) is 6.06. The third kappa shape index (κ3) is 60.0. The van der Waals surface area contributed by atoms with Crippen LogP contribution in [0.5, 0.6) is 0 Å². The van der Waals surface area contributed by atoms with E-state index in [2.05, 4.69) is 0 Å². The Hall–Kier alpha value is 1.00. The number of carbonyl (C=O) groups is 1. The van der Waals surface area contributed by atoms with Crippen LogP contribution in [-0.4, -0.2) is 33.3 Å². The predicted octanol–water partition coefficient (Wildman–Crippen LogP) is 4.90. The summed E-state index contributed by atoms with van der Waals surface area (Å²) in [7, 11) is 0. The SMILES string of the molecule is ClCCl.ClCCl.ClCCl.O=C(O)C(F)(F)F. The molecule has 0 heterocycles. The van der Waals surface area contributed by atoms with E-state index in [9.17, 15) is 13.2 Å². The lowest BCUT2D eigenvalue weighted by Crippen LogP contribution is -2.21. The molecule has 102 valence electrons. The van der Waals surface area contributed by atoms with Crippen LogP contribution >= 0.6 is 69.6 Å². The van der Waals surface area contributed by atoms with Gasteiger partial charge < -0.3 is 5.11 Å². The largest absolute Gasteiger partial charge is 0.490 e. The highest BCUT2D eigenvalue weighted by molar-refractivity contribution is 6.41. The summed E-state index contributed by atoms with van der Waals surface area (Å²) in [5.74, 6) is -2.76. The molecule has 0 aromatic carbocycles. The standard InChI is InChI=1S/C2HF3O2.3CH2Cl2/c3-2(4,5)1(6)7;3*2-1-3/h(H,6,7);3*1H2. The van der Waals surface area contributed by atoms with Crippen LogP contribution < -0.4 is 0 Å². The lowest BCUT2D eigenvalue weighted by atomic mass is 10.7. The fourth-order valence-electron chi connectivity index (χ4n) is 0. The molecular weight excluding hydrogens is 362 g/mol. The molecule has 0 aliphatic heterocycles. The molecule has 11 heteroatoms. The Morgan fingerprint density at radius 3 is 0.938 bits per heavy atom. The van der Waals surface area contributed by atoms with Gasteiger partial charge in [0.2, 0.25) is 0 Å². The topological polar surface area (TPSA) is 37.3 Å². The van der Waals surface area contributed by atoms with Gasteiger partial charge in [-0.3, -0.25) is 0 Å². The zero-order chi connectivity index (χ0) is 14.2. The molecule has 0 unspecified atom stereocenters. The van der Waals surface area contributed by atoms with Crippen LogP contribution in [0.4, 0.5) is 13.2 Å². The Labute approximate surface area is 120 Å². The highest BCUT2D eigenvalue weighted by Crippen LogP contribution is 2.13. The average Bonchev–Trinajstić information content (AvgIpc) is 2.06. The number of halogens is 9. The van der Waals surface area contributed by atoms with Crippen molar-refractivity contribution >= 4 is 75.6 Å². The molecule has 0 saturated heterocycles. The maximum atomic E-state index is 10.6. The van der Waals surface area contributed by atoms with Crippen molar-refractivity contribution in [1.82, 2.24) is 0 Å². The summed E-state index contributed by atoms with van der Waals surface area (Å²) < 4.78 is 31.7. The van der Waals surface area contributed by atoms with Crippen LogP contribution in [0.25, 0.3) is 0 Å². The summed E-state index contributed by atoms with van der Waals surface area (Å²) in [5.41, 5.74) is 0. The summed E-state index contributed by atoms with van der Waals surface area (Å²) in [5, 5.41) is 7.71. The van der Waals surface area contributed by atoms with E-state index in [1.165, 1.54) is 0 Å². The van der Waals surface area contributed by atoms with Crippen molar-refractivity contribution in [2.75, 3.05) is 16.0 Å². The molecule has 0 aliphatic carbocycles. The van der Waals surface area contributed by atoms with Gasteiger partial charge in [0.1, 0.15) is 0 Å². The Balaban J connectivity index is -0.0000000677. The second-order valence-corrected chi connectivity index (χ2v) is 3.53. The quantitative estimate of drug-likeness (QED) is 0.617. The van der Waals surface area contributed by atoms with Gasteiger partial charge in [0.15, 0.2) is 0 Å². The van der Waals surface area contributed by atoms with E-state index in [-0.39, 0.29) is 16.0 Å². The summed E-state index contributed by atoms with van der Waals surface area (Å²) in [6.07, 6.45) is -5.08. The van der Waals surface area contributed by atoms with Crippen LogP contribution in [0.2, 0.25) is 0 Å². The molecule has 0 radical (unpaired) electrons. The third-order valence-corrected chi connectivity index (χ3v) is 0.243. The van der Waals surface area contributed by atoms with Gasteiger partial charge in [-0.25, -0.2) is 4.79 Å². The predicted molar refractivity (Wildman–Crippen MR) is 63.4 cm³/mol. The molecule has 0 spiro atoms. The van der Waals surface area contributed by atoms with E-state index in [1.807, 2.05) is 0 Å². The fourth-order valence-corrected chi connectivity index (χ4v) is 0. The Morgan fingerprint density at radius 2 is 0.938 bits per heavy atom. The minimum atomic E-state index is -5.08. The number of alkyl halides is 9. The van der Waals surface area contributed by atoms with E-state index in [0.29, 0.717) is 0 Å². The minimum Gasteiger partial charge on any atom is -0.475 e. The molecule has 0 fully saturated rings. The molecule has 0 rings (SSSR count). The van der Waals surface area contributed by atoms with Crippen LogP contribution in [0, 0.1) is 0 Å². The van der Waals surface area contributed by atoms with Crippen molar-refractivity contribution in [3.8, 4) is 0 Å². The molecule has 0 amide bonds. The maximum absolute atomic E-state index is 10.6. The first-order valence-electron chi connectivity index (χ1n) is 2.85. The molecular formula is C5H7Cl6F3O2. The first-order chi connectivity index (χ1) is 7.19. The summed E-state index contributed by atoms with van der Waals surface area (Å²) in [6, 6.07) is 0. The van der Waals surface area contributed by atoms with Gasteiger partial charge in [-0.2, -0.15) is 13.2 Å². The van der Waals surface area contributed by atoms with Crippen molar-refractivity contribution in [3.63, 3.8) is 0 Å². The molecule has 0 bridgehead atoms. The van der Waals surface area contributed by atoms with Crippen molar-refractivity contribution in [2.45, 2.75) is 6.18 Å². The van der Waals surface area contributed by atoms with Gasteiger partial charge in [0, 0.05) is 0 Å². The van der Waals surface area contributed by atoms with Gasteiger partial charge in [-0.05, 0) is 0 Å². The number of carboxylic acids is 1. The molecule has 1 N–H and O–H groups in total. The molecule has 0 aromatic rings. The van der Waals surface area contributed by atoms with Crippen LogP contribution in [0.3, 0.4) is 0 Å². The fraction of sp³-hybridized carbons (Fsp3) is 0.800. The average molecular weight is 369 g/mol. The second-order valence-electron chi connectivity index (χ2n) is 1.11. The van der Waals surface area contributed by atoms with Crippen molar-refractivity contribution in [2.24, 2.45) is 0 Å². The smallest absolute Gasteiger partial charge is 0.475 e. The maximum Gasteiger partial charge on any atom is 0.490 e. The summed E-state index contributed by atoms with van der Waals surface area (Å²) >= 11 is 28.6. The zero-order valence-corrected chi connectivity index (χ0v) is 11.9. The van der Waals surface area contributed by atoms with Gasteiger partial charge in [0.25, 0.3) is 0 Å². The summed E-state index contributed by atoms with van der Waals surface area (Å²) in [4.78, 5) is 8.90. The summed E-state index contributed by atoms with van der Waals surface area (Å²) in [6.45, 7) is 0. The molecule has 16 heavy (non-hydrogen) atoms. The van der Waals surface area contributed by atoms with E-state index in [4.69, 9.17) is 79.5 Å². The second kappa shape index (κ2) is 21.3. The van der Waals surface area contributed by atoms with Gasteiger partial charge >= 0.3 is 12.1 Å². The van der Waals surface area contributed by atoms with Gasteiger partial charge in [0.05, 0.1) is 16.0 Å². The Morgan fingerprint density at radius 1 is 0.875 bits per heavy atom. The molecule has 0 atom stereocenters. The van der Waals surface area contributed by atoms with Crippen molar-refractivity contribution in [3.05, 3.63) is 0 Å². The Kier molecular flexibility index (Phi) is 34.3. The Bertz CT molecular complexity index is 129. The van der Waals surface area contributed by atoms with E-state index < -0.39 is 12.1 Å². The molecule has 2 nitrogen and oxygen atoms in total. The number of aliphatic carboxylic acids is 1. The number of hydrogen-bond acceptors (Lipinski definition) is 1. The highest BCUT2D eigenvalue weighted by atomic mass is 35.5. The lowest BCUT2D eigenvalue weighted by molar-refractivity contribution is -0.192. The highest BCUT2D eigenvalue weighted by Gasteiger charge is 2.38. The van der Waals surface area contributed by atoms with Gasteiger partial charge in [-0.15, -0.1) is 69.6 Å². The normalized spacial score (nSPS) is 8.31. The number of carboxylic acid groups (broad SMARTS) is 1. The van der Waals surface area contributed by atoms with Crippen molar-refractivity contribution < 1.29 is 23.1 Å². The number of rotatable bonds is 0. The van der Waals surface area contributed by atoms with Crippen LogP contribution in [0.15, 0.2) is 0 Å². The third-order valence-electron chi connectivity index (χ3n) is 0.243. The van der Waals surface area contributed by atoms with Crippen molar-refractivity contribution in [1.29, 1.82) is 0 Å². The van der Waals surface area contributed by atoms with Gasteiger partial charge in [-0.1, -0.05) is 0 Å². The molecule has 0 aliphatic rings. The minimum absolute atomic E-state index is 0.194. The lowest BCUT2D eigenvalue weighted by Gasteiger charge is -1.93. The van der Waals surface area contributed by atoms with E-state index in [0.717, 1.165) is 0 Å². The molecule has 0 saturated carbocycles. The monoisotopic (exact) mass is 366 g/mol. The number of hydrogen-bond donors (Lipinski definition) is 1. The first kappa shape index (κ1) is 25.8. The van der Waals surface area contributed by atoms with E-state index >= 15 is 0 Å². The van der Waals surface area contributed by atoms with Crippen LogP contribution in [0.1, 0.15) is 0 Å². The zero-order valence-electron chi connectivity index (χ0n) is 7.38. The van der Waals surface area contributed by atoms with Crippen LogP contribution in [-0.2, 0) is 4.79 Å². The molecule has 0 aromatic heterocycles. The van der Waals surface area contributed by atoms with E-state index in [1.54, 1.807) is 0 Å².